The molecule has 0 aliphatic carbocycles. The molecular formula is C28H37N3O5S. The van der Waals surface area contributed by atoms with Crippen LogP contribution in [0, 0.1) is 0 Å². The highest BCUT2D eigenvalue weighted by atomic mass is 32.2. The van der Waals surface area contributed by atoms with E-state index in [0.29, 0.717) is 34.3 Å². The molecule has 37 heavy (non-hydrogen) atoms. The van der Waals surface area contributed by atoms with Gasteiger partial charge in [0.25, 0.3) is 0 Å². The SMILES string of the molecule is C=C(C)C(=O)OCC(C)(C)c1cc(-n2nc3ccc(S(=O)(=O)CCCC)cc3n2)c(O)c(C(C)(C)C)c1. The van der Waals surface area contributed by atoms with Crippen LogP contribution in [0.25, 0.3) is 16.7 Å². The molecule has 3 rings (SSSR count). The van der Waals surface area contributed by atoms with E-state index in [1.165, 1.54) is 10.9 Å². The number of unbranched alkanes of at least 4 members (excludes halogenated alkanes) is 1. The summed E-state index contributed by atoms with van der Waals surface area (Å²) in [6.07, 6.45) is 1.37. The summed E-state index contributed by atoms with van der Waals surface area (Å²) in [5.41, 5.74) is 2.09. The third-order valence-corrected chi connectivity index (χ3v) is 8.08. The maximum Gasteiger partial charge on any atom is 0.333 e. The van der Waals surface area contributed by atoms with Crippen LogP contribution in [0.5, 0.6) is 5.75 Å². The quantitative estimate of drug-likeness (QED) is 0.293. The molecule has 3 aromatic rings. The number of aromatic nitrogens is 3. The Morgan fingerprint density at radius 2 is 1.73 bits per heavy atom. The smallest absolute Gasteiger partial charge is 0.333 e. The number of ether oxygens (including phenoxy) is 1. The van der Waals surface area contributed by atoms with E-state index in [-0.39, 0.29) is 23.0 Å². The Labute approximate surface area is 219 Å². The van der Waals surface area contributed by atoms with E-state index in [9.17, 15) is 18.3 Å². The van der Waals surface area contributed by atoms with Crippen molar-refractivity contribution in [1.82, 2.24) is 15.0 Å². The molecular weight excluding hydrogens is 490 g/mol. The summed E-state index contributed by atoms with van der Waals surface area (Å²) < 4.78 is 30.8. The summed E-state index contributed by atoms with van der Waals surface area (Å²) >= 11 is 0. The van der Waals surface area contributed by atoms with Gasteiger partial charge >= 0.3 is 5.97 Å². The third kappa shape index (κ3) is 6.21. The molecule has 0 amide bonds. The van der Waals surface area contributed by atoms with Gasteiger partial charge in [-0.05, 0) is 48.6 Å². The Balaban J connectivity index is 2.12. The summed E-state index contributed by atoms with van der Waals surface area (Å²) in [5, 5.41) is 20.3. The number of sulfone groups is 1. The second-order valence-electron chi connectivity index (χ2n) is 11.2. The maximum atomic E-state index is 12.7. The van der Waals surface area contributed by atoms with Crippen molar-refractivity contribution in [2.45, 2.75) is 77.0 Å². The molecule has 0 atom stereocenters. The maximum absolute atomic E-state index is 12.7. The average Bonchev–Trinajstić information content (AvgIpc) is 3.23. The first-order valence-corrected chi connectivity index (χ1v) is 14.0. The van der Waals surface area contributed by atoms with Gasteiger partial charge in [0.05, 0.1) is 10.6 Å². The molecule has 0 bridgehead atoms. The number of phenols is 1. The largest absolute Gasteiger partial charge is 0.505 e. The fourth-order valence-corrected chi connectivity index (χ4v) is 5.31. The van der Waals surface area contributed by atoms with Crippen molar-refractivity contribution in [3.63, 3.8) is 0 Å². The van der Waals surface area contributed by atoms with Crippen LogP contribution in [-0.4, -0.2) is 46.8 Å². The minimum Gasteiger partial charge on any atom is -0.505 e. The summed E-state index contributed by atoms with van der Waals surface area (Å²) in [6.45, 7) is 17.2. The van der Waals surface area contributed by atoms with Crippen molar-refractivity contribution in [2.24, 2.45) is 0 Å². The molecule has 8 nitrogen and oxygen atoms in total. The van der Waals surface area contributed by atoms with Gasteiger partial charge in [0.1, 0.15) is 29.1 Å². The van der Waals surface area contributed by atoms with Gasteiger partial charge in [-0.3, -0.25) is 0 Å². The minimum atomic E-state index is -3.42. The Bertz CT molecular complexity index is 1450. The first-order valence-electron chi connectivity index (χ1n) is 12.4. The molecule has 1 N–H and O–H groups in total. The molecule has 0 fully saturated rings. The summed E-state index contributed by atoms with van der Waals surface area (Å²) in [4.78, 5) is 13.6. The molecule has 0 unspecified atom stereocenters. The number of hydrogen-bond acceptors (Lipinski definition) is 7. The lowest BCUT2D eigenvalue weighted by Gasteiger charge is -2.29. The normalized spacial score (nSPS) is 12.6. The average molecular weight is 528 g/mol. The highest BCUT2D eigenvalue weighted by Gasteiger charge is 2.30. The number of aromatic hydroxyl groups is 1. The summed E-state index contributed by atoms with van der Waals surface area (Å²) in [5.74, 6) is -0.360. The number of rotatable bonds is 9. The first kappa shape index (κ1) is 28.4. The molecule has 2 aromatic carbocycles. The molecule has 0 radical (unpaired) electrons. The fraction of sp³-hybridized carbons (Fsp3) is 0.464. The van der Waals surface area contributed by atoms with E-state index in [2.05, 4.69) is 16.8 Å². The van der Waals surface area contributed by atoms with E-state index in [1.807, 2.05) is 47.6 Å². The summed E-state index contributed by atoms with van der Waals surface area (Å²) in [7, 11) is -3.42. The third-order valence-electron chi connectivity index (χ3n) is 6.28. The van der Waals surface area contributed by atoms with Gasteiger partial charge in [-0.2, -0.15) is 0 Å². The zero-order valence-electron chi connectivity index (χ0n) is 22.8. The Morgan fingerprint density at radius 3 is 2.32 bits per heavy atom. The number of nitrogens with zero attached hydrogens (tertiary/aromatic N) is 3. The lowest BCUT2D eigenvalue weighted by molar-refractivity contribution is -0.140. The van der Waals surface area contributed by atoms with Crippen molar-refractivity contribution in [2.75, 3.05) is 12.4 Å². The molecule has 9 heteroatoms. The predicted molar refractivity (Wildman–Crippen MR) is 145 cm³/mol. The molecule has 1 heterocycles. The number of phenolic OH excluding ortho intramolecular Hbond substituents is 1. The van der Waals surface area contributed by atoms with Crippen molar-refractivity contribution >= 4 is 26.8 Å². The van der Waals surface area contributed by atoms with E-state index < -0.39 is 26.6 Å². The van der Waals surface area contributed by atoms with E-state index in [4.69, 9.17) is 4.74 Å². The molecule has 0 spiro atoms. The van der Waals surface area contributed by atoms with E-state index >= 15 is 0 Å². The topological polar surface area (TPSA) is 111 Å². The van der Waals surface area contributed by atoms with Gasteiger partial charge in [-0.25, -0.2) is 13.2 Å². The van der Waals surface area contributed by atoms with Crippen molar-refractivity contribution < 1.29 is 23.1 Å². The molecule has 0 aliphatic rings. The molecule has 0 saturated carbocycles. The molecule has 1 aromatic heterocycles. The fourth-order valence-electron chi connectivity index (χ4n) is 3.83. The van der Waals surface area contributed by atoms with Crippen LogP contribution in [0.1, 0.15) is 72.4 Å². The Hall–Kier alpha value is -3.20. The van der Waals surface area contributed by atoms with Crippen LogP contribution in [0.15, 0.2) is 47.4 Å². The van der Waals surface area contributed by atoms with Crippen LogP contribution < -0.4 is 0 Å². The van der Waals surface area contributed by atoms with Crippen LogP contribution in [0.2, 0.25) is 0 Å². The van der Waals surface area contributed by atoms with Crippen molar-refractivity contribution in [3.8, 4) is 11.4 Å². The number of hydrogen-bond donors (Lipinski definition) is 1. The lowest BCUT2D eigenvalue weighted by atomic mass is 9.79. The Kier molecular flexibility index (Phi) is 7.88. The number of carbonyl (C=O) groups is 1. The molecule has 0 aliphatic heterocycles. The van der Waals surface area contributed by atoms with E-state index in [1.54, 1.807) is 25.1 Å². The van der Waals surface area contributed by atoms with Crippen LogP contribution in [0.3, 0.4) is 0 Å². The van der Waals surface area contributed by atoms with Crippen molar-refractivity contribution in [3.05, 3.63) is 53.6 Å². The summed E-state index contributed by atoms with van der Waals surface area (Å²) in [6, 6.07) is 8.38. The second-order valence-corrected chi connectivity index (χ2v) is 13.3. The van der Waals surface area contributed by atoms with Gasteiger partial charge in [0, 0.05) is 16.6 Å². The van der Waals surface area contributed by atoms with E-state index in [0.717, 1.165) is 12.0 Å². The number of esters is 1. The Morgan fingerprint density at radius 1 is 1.08 bits per heavy atom. The number of benzene rings is 2. The van der Waals surface area contributed by atoms with Crippen LogP contribution >= 0.6 is 0 Å². The zero-order valence-corrected chi connectivity index (χ0v) is 23.6. The van der Waals surface area contributed by atoms with Gasteiger partial charge in [0.2, 0.25) is 0 Å². The van der Waals surface area contributed by atoms with Gasteiger partial charge in [-0.1, -0.05) is 60.6 Å². The second kappa shape index (κ2) is 10.3. The molecule has 200 valence electrons. The number of carbonyl (C=O) groups excluding carboxylic acids is 1. The van der Waals surface area contributed by atoms with Crippen LogP contribution in [-0.2, 0) is 30.2 Å². The minimum absolute atomic E-state index is 0.0297. The molecule has 0 saturated heterocycles. The predicted octanol–water partition coefficient (Wildman–Crippen LogP) is 5.39. The van der Waals surface area contributed by atoms with Gasteiger partial charge in [-0.15, -0.1) is 15.0 Å². The standard InChI is InChI=1S/C28H37N3O5S/c1-9-10-13-37(34,35)20-11-12-22-23(16-20)30-31(29-22)24-15-19(14-21(25(24)32)27(4,5)6)28(7,8)17-36-26(33)18(2)3/h11-12,14-16,32H,2,9-10,13,17H2,1,3-8H3. The van der Waals surface area contributed by atoms with Crippen LogP contribution in [0.4, 0.5) is 0 Å². The monoisotopic (exact) mass is 527 g/mol. The number of fused-ring (bicyclic) bond motifs is 1. The highest BCUT2D eigenvalue weighted by molar-refractivity contribution is 7.91. The highest BCUT2D eigenvalue weighted by Crippen LogP contribution is 2.39. The van der Waals surface area contributed by atoms with Crippen molar-refractivity contribution in [1.29, 1.82) is 0 Å². The van der Waals surface area contributed by atoms with Gasteiger partial charge < -0.3 is 9.84 Å². The first-order chi connectivity index (χ1) is 17.1. The van der Waals surface area contributed by atoms with Gasteiger partial charge in [0.15, 0.2) is 9.84 Å². The lowest BCUT2D eigenvalue weighted by Crippen LogP contribution is -2.27. The zero-order chi connectivity index (χ0) is 27.8.